The van der Waals surface area contributed by atoms with Crippen molar-refractivity contribution in [2.24, 2.45) is 5.92 Å². The number of aliphatic hydroxyl groups excluding tert-OH is 1. The fourth-order valence-corrected chi connectivity index (χ4v) is 2.69. The maximum absolute atomic E-state index is 12.9. The van der Waals surface area contributed by atoms with E-state index >= 15 is 0 Å². The van der Waals surface area contributed by atoms with Gasteiger partial charge in [-0.25, -0.2) is 0 Å². The summed E-state index contributed by atoms with van der Waals surface area (Å²) in [7, 11) is 0. The number of ether oxygens (including phenoxy) is 1. The zero-order valence-electron chi connectivity index (χ0n) is 11.4. The van der Waals surface area contributed by atoms with Crippen molar-refractivity contribution in [1.29, 1.82) is 0 Å². The summed E-state index contributed by atoms with van der Waals surface area (Å²) < 4.78 is 54.1. The van der Waals surface area contributed by atoms with Gasteiger partial charge < -0.3 is 9.84 Å². The predicted molar refractivity (Wildman–Crippen MR) is 69.6 cm³/mol. The normalized spacial score (nSPS) is 18.8. The summed E-state index contributed by atoms with van der Waals surface area (Å²) in [6, 6.07) is 5.38. The monoisotopic (exact) mass is 306 g/mol. The highest BCUT2D eigenvalue weighted by Gasteiger charge is 2.44. The van der Waals surface area contributed by atoms with Crippen LogP contribution in [0.5, 0.6) is 5.75 Å². The Bertz CT molecular complexity index is 459. The molecule has 0 aromatic heterocycles. The van der Waals surface area contributed by atoms with E-state index in [9.17, 15) is 22.7 Å². The van der Waals surface area contributed by atoms with Gasteiger partial charge in [0.1, 0.15) is 5.75 Å². The smallest absolute Gasteiger partial charge is 0.428 e. The molecule has 0 radical (unpaired) electrons. The average molecular weight is 306 g/mol. The third kappa shape index (κ3) is 4.09. The lowest BCUT2D eigenvalue weighted by molar-refractivity contribution is -0.253. The first-order valence-corrected chi connectivity index (χ1v) is 7.03. The molecule has 1 atom stereocenters. The van der Waals surface area contributed by atoms with Gasteiger partial charge in [0, 0.05) is 0 Å². The summed E-state index contributed by atoms with van der Waals surface area (Å²) in [6.45, 7) is 0. The van der Waals surface area contributed by atoms with E-state index in [-0.39, 0.29) is 11.7 Å². The summed E-state index contributed by atoms with van der Waals surface area (Å²) >= 11 is 0. The zero-order valence-corrected chi connectivity index (χ0v) is 11.4. The first kappa shape index (κ1) is 16.1. The largest absolute Gasteiger partial charge is 0.461 e. The lowest BCUT2D eigenvalue weighted by atomic mass is 9.83. The summed E-state index contributed by atoms with van der Waals surface area (Å²) in [5.74, 6) is -0.294. The van der Waals surface area contributed by atoms with E-state index in [1.807, 2.05) is 0 Å². The fraction of sp³-hybridized carbons (Fsp3) is 0.600. The van der Waals surface area contributed by atoms with Crippen molar-refractivity contribution in [3.05, 3.63) is 29.8 Å². The summed E-state index contributed by atoms with van der Waals surface area (Å²) in [5.41, 5.74) is 0.421. The first-order valence-electron chi connectivity index (χ1n) is 7.03. The third-order valence-electron chi connectivity index (χ3n) is 3.80. The molecule has 1 N–H and O–H groups in total. The molecule has 0 amide bonds. The fourth-order valence-electron chi connectivity index (χ4n) is 2.69. The van der Waals surface area contributed by atoms with Gasteiger partial charge >= 0.3 is 12.5 Å². The molecule has 118 valence electrons. The predicted octanol–water partition coefficient (Wildman–Crippen LogP) is 4.54. The van der Waals surface area contributed by atoms with E-state index in [1.165, 1.54) is 18.2 Å². The lowest BCUT2D eigenvalue weighted by Gasteiger charge is -2.27. The molecule has 1 aliphatic carbocycles. The quantitative estimate of drug-likeness (QED) is 0.809. The Morgan fingerprint density at radius 3 is 2.43 bits per heavy atom. The van der Waals surface area contributed by atoms with E-state index in [0.717, 1.165) is 32.1 Å². The Morgan fingerprint density at radius 2 is 1.81 bits per heavy atom. The molecule has 2 nitrogen and oxygen atoms in total. The molecule has 2 rings (SSSR count). The van der Waals surface area contributed by atoms with Gasteiger partial charge in [-0.1, -0.05) is 31.4 Å². The van der Waals surface area contributed by atoms with Crippen molar-refractivity contribution in [3.8, 4) is 5.75 Å². The van der Waals surface area contributed by atoms with Gasteiger partial charge in [-0.2, -0.15) is 17.6 Å². The van der Waals surface area contributed by atoms with Crippen molar-refractivity contribution in [2.45, 2.75) is 50.7 Å². The average Bonchev–Trinajstić information content (AvgIpc) is 2.47. The molecule has 0 saturated heterocycles. The highest BCUT2D eigenvalue weighted by molar-refractivity contribution is 5.30. The number of rotatable bonds is 5. The molecule has 0 bridgehead atoms. The highest BCUT2D eigenvalue weighted by Crippen LogP contribution is 2.36. The van der Waals surface area contributed by atoms with E-state index in [4.69, 9.17) is 0 Å². The van der Waals surface area contributed by atoms with Crippen LogP contribution in [0.4, 0.5) is 17.6 Å². The SMILES string of the molecule is OC(c1cccc(OC(F)(F)C(F)F)c1)C1CCCCC1. The Morgan fingerprint density at radius 1 is 1.14 bits per heavy atom. The molecule has 1 saturated carbocycles. The number of alkyl halides is 4. The Hall–Kier alpha value is -1.30. The number of halogens is 4. The highest BCUT2D eigenvalue weighted by atomic mass is 19.3. The van der Waals surface area contributed by atoms with Crippen LogP contribution in [0.1, 0.15) is 43.8 Å². The minimum absolute atomic E-state index is 0.0737. The van der Waals surface area contributed by atoms with E-state index in [2.05, 4.69) is 4.74 Å². The standard InChI is InChI=1S/C15H18F4O2/c16-14(17)15(18,19)21-12-8-4-7-11(9-12)13(20)10-5-2-1-3-6-10/h4,7-10,13-14,20H,1-3,5-6H2. The van der Waals surface area contributed by atoms with Gasteiger partial charge in [-0.3, -0.25) is 0 Å². The second-order valence-electron chi connectivity index (χ2n) is 5.38. The van der Waals surface area contributed by atoms with Gasteiger partial charge in [0.05, 0.1) is 6.10 Å². The van der Waals surface area contributed by atoms with Crippen LogP contribution < -0.4 is 4.74 Å². The van der Waals surface area contributed by atoms with Crippen LogP contribution in [0, 0.1) is 5.92 Å². The van der Waals surface area contributed by atoms with Crippen molar-refractivity contribution in [1.82, 2.24) is 0 Å². The van der Waals surface area contributed by atoms with Gasteiger partial charge in [-0.05, 0) is 36.5 Å². The topological polar surface area (TPSA) is 29.5 Å². The van der Waals surface area contributed by atoms with Crippen molar-refractivity contribution in [2.75, 3.05) is 0 Å². The zero-order chi connectivity index (χ0) is 15.5. The summed E-state index contributed by atoms with van der Waals surface area (Å²) in [5, 5.41) is 10.3. The number of hydrogen-bond acceptors (Lipinski definition) is 2. The van der Waals surface area contributed by atoms with Crippen LogP contribution in [0.2, 0.25) is 0 Å². The third-order valence-corrected chi connectivity index (χ3v) is 3.80. The van der Waals surface area contributed by atoms with Crippen molar-refractivity contribution < 1.29 is 27.4 Å². The molecule has 6 heteroatoms. The van der Waals surface area contributed by atoms with Crippen LogP contribution in [0.3, 0.4) is 0 Å². The molecule has 1 aromatic carbocycles. The van der Waals surface area contributed by atoms with Crippen LogP contribution in [0.15, 0.2) is 24.3 Å². The number of aliphatic hydroxyl groups is 1. The van der Waals surface area contributed by atoms with Crippen molar-refractivity contribution >= 4 is 0 Å². The lowest BCUT2D eigenvalue weighted by Crippen LogP contribution is -2.33. The molecule has 1 aromatic rings. The van der Waals surface area contributed by atoms with Gasteiger partial charge in [0.15, 0.2) is 0 Å². The molecular formula is C15H18F4O2. The van der Waals surface area contributed by atoms with E-state index in [0.29, 0.717) is 5.56 Å². The van der Waals surface area contributed by atoms with Crippen molar-refractivity contribution in [3.63, 3.8) is 0 Å². The van der Waals surface area contributed by atoms with E-state index in [1.54, 1.807) is 6.07 Å². The molecule has 1 aliphatic rings. The van der Waals surface area contributed by atoms with Gasteiger partial charge in [0.25, 0.3) is 0 Å². The van der Waals surface area contributed by atoms with E-state index < -0.39 is 18.6 Å². The molecule has 1 unspecified atom stereocenters. The van der Waals surface area contributed by atoms with Crippen LogP contribution in [-0.4, -0.2) is 17.6 Å². The first-order chi connectivity index (χ1) is 9.90. The molecular weight excluding hydrogens is 288 g/mol. The van der Waals surface area contributed by atoms with Crippen LogP contribution in [0.25, 0.3) is 0 Å². The second-order valence-corrected chi connectivity index (χ2v) is 5.38. The number of hydrogen-bond donors (Lipinski definition) is 1. The number of benzene rings is 1. The molecule has 1 fully saturated rings. The Labute approximate surface area is 120 Å². The minimum atomic E-state index is -4.53. The van der Waals surface area contributed by atoms with Gasteiger partial charge in [-0.15, -0.1) is 0 Å². The molecule has 0 aliphatic heterocycles. The summed E-state index contributed by atoms with van der Waals surface area (Å²) in [6.07, 6.45) is -4.28. The Balaban J connectivity index is 2.09. The minimum Gasteiger partial charge on any atom is -0.428 e. The molecule has 0 heterocycles. The van der Waals surface area contributed by atoms with Crippen LogP contribution in [-0.2, 0) is 0 Å². The maximum atomic E-state index is 12.9. The second kappa shape index (κ2) is 6.64. The Kier molecular flexibility index (Phi) is 5.08. The molecule has 21 heavy (non-hydrogen) atoms. The van der Waals surface area contributed by atoms with Crippen LogP contribution >= 0.6 is 0 Å². The summed E-state index contributed by atoms with van der Waals surface area (Å²) in [4.78, 5) is 0. The van der Waals surface area contributed by atoms with Gasteiger partial charge in [0.2, 0.25) is 0 Å². The maximum Gasteiger partial charge on any atom is 0.461 e. The molecule has 0 spiro atoms.